The number of carbonyl (C=O) groups is 2. The van der Waals surface area contributed by atoms with E-state index in [9.17, 15) is 14.4 Å². The van der Waals surface area contributed by atoms with Crippen LogP contribution in [0.15, 0.2) is 47.3 Å². The summed E-state index contributed by atoms with van der Waals surface area (Å²) >= 11 is 0. The number of hydrogen-bond acceptors (Lipinski definition) is 4. The standard InChI is InChI=1S/C16H17N3O4/c20-14-8-7-13(18-19-14)16(23)17-12(6-9-15(21)22)10-11-4-2-1-3-5-11/h1-5,7-8,12H,6,9-10H2,(H,17,23)(H,19,20)(H,21,22). The number of H-pyrrole nitrogens is 1. The first-order valence-corrected chi connectivity index (χ1v) is 7.17. The van der Waals surface area contributed by atoms with Crippen LogP contribution in [-0.2, 0) is 11.2 Å². The zero-order valence-corrected chi connectivity index (χ0v) is 12.4. The van der Waals surface area contributed by atoms with Crippen molar-refractivity contribution in [3.05, 3.63) is 64.1 Å². The SMILES string of the molecule is O=C(O)CCC(Cc1ccccc1)NC(=O)c1ccc(=O)[nH]n1. The van der Waals surface area contributed by atoms with Gasteiger partial charge in [0.1, 0.15) is 5.69 Å². The second-order valence-corrected chi connectivity index (χ2v) is 5.10. The van der Waals surface area contributed by atoms with Gasteiger partial charge in [-0.2, -0.15) is 5.10 Å². The molecule has 1 heterocycles. The lowest BCUT2D eigenvalue weighted by atomic mass is 10.0. The molecule has 7 heteroatoms. The molecule has 0 saturated carbocycles. The Morgan fingerprint density at radius 3 is 2.52 bits per heavy atom. The lowest BCUT2D eigenvalue weighted by Gasteiger charge is -2.18. The number of aliphatic carboxylic acids is 1. The van der Waals surface area contributed by atoms with Crippen LogP contribution in [0.1, 0.15) is 28.9 Å². The quantitative estimate of drug-likeness (QED) is 0.705. The molecule has 2 rings (SSSR count). The number of carboxylic acids is 1. The number of amides is 1. The number of aromatic amines is 1. The topological polar surface area (TPSA) is 112 Å². The van der Waals surface area contributed by atoms with Crippen molar-refractivity contribution < 1.29 is 14.7 Å². The minimum absolute atomic E-state index is 0.0448. The fraction of sp³-hybridized carbons (Fsp3) is 0.250. The summed E-state index contributed by atoms with van der Waals surface area (Å²) in [5, 5.41) is 17.5. The molecule has 1 amide bonds. The van der Waals surface area contributed by atoms with Crippen LogP contribution in [0.25, 0.3) is 0 Å². The molecule has 0 bridgehead atoms. The van der Waals surface area contributed by atoms with Crippen molar-refractivity contribution in [3.63, 3.8) is 0 Å². The van der Waals surface area contributed by atoms with Gasteiger partial charge in [-0.3, -0.25) is 14.4 Å². The van der Waals surface area contributed by atoms with Gasteiger partial charge >= 0.3 is 5.97 Å². The molecule has 0 aliphatic carbocycles. The third kappa shape index (κ3) is 5.39. The second-order valence-electron chi connectivity index (χ2n) is 5.10. The Morgan fingerprint density at radius 2 is 1.91 bits per heavy atom. The Balaban J connectivity index is 2.06. The minimum Gasteiger partial charge on any atom is -0.481 e. The fourth-order valence-electron chi connectivity index (χ4n) is 2.15. The van der Waals surface area contributed by atoms with Gasteiger partial charge in [0.15, 0.2) is 0 Å². The molecule has 1 aromatic heterocycles. The maximum atomic E-state index is 12.2. The van der Waals surface area contributed by atoms with Crippen molar-refractivity contribution in [2.24, 2.45) is 0 Å². The molecule has 0 aliphatic heterocycles. The van der Waals surface area contributed by atoms with E-state index < -0.39 is 17.4 Å². The van der Waals surface area contributed by atoms with Crippen LogP contribution in [0.3, 0.4) is 0 Å². The number of carbonyl (C=O) groups excluding carboxylic acids is 1. The van der Waals surface area contributed by atoms with Crippen LogP contribution in [-0.4, -0.2) is 33.2 Å². The zero-order valence-electron chi connectivity index (χ0n) is 12.4. The van der Waals surface area contributed by atoms with Gasteiger partial charge in [0.2, 0.25) is 0 Å². The van der Waals surface area contributed by atoms with Crippen LogP contribution >= 0.6 is 0 Å². The predicted octanol–water partition coefficient (Wildman–Crippen LogP) is 0.976. The summed E-state index contributed by atoms with van der Waals surface area (Å²) in [7, 11) is 0. The van der Waals surface area contributed by atoms with Crippen LogP contribution in [0.4, 0.5) is 0 Å². The van der Waals surface area contributed by atoms with Crippen molar-refractivity contribution in [1.29, 1.82) is 0 Å². The normalized spacial score (nSPS) is 11.7. The summed E-state index contributed by atoms with van der Waals surface area (Å²) < 4.78 is 0. The molecule has 0 spiro atoms. The lowest BCUT2D eigenvalue weighted by molar-refractivity contribution is -0.137. The smallest absolute Gasteiger partial charge is 0.303 e. The number of carboxylic acid groups (broad SMARTS) is 1. The first-order valence-electron chi connectivity index (χ1n) is 7.17. The van der Waals surface area contributed by atoms with Gasteiger partial charge in [-0.15, -0.1) is 0 Å². The van der Waals surface area contributed by atoms with E-state index in [0.717, 1.165) is 5.56 Å². The monoisotopic (exact) mass is 315 g/mol. The molecule has 120 valence electrons. The summed E-state index contributed by atoms with van der Waals surface area (Å²) in [6.45, 7) is 0. The molecule has 1 unspecified atom stereocenters. The average Bonchev–Trinajstić information content (AvgIpc) is 2.54. The summed E-state index contributed by atoms with van der Waals surface area (Å²) in [6.07, 6.45) is 0.777. The third-order valence-electron chi connectivity index (χ3n) is 3.28. The van der Waals surface area contributed by atoms with Crippen LogP contribution in [0, 0.1) is 0 Å². The molecular formula is C16H17N3O4. The van der Waals surface area contributed by atoms with Crippen molar-refractivity contribution in [3.8, 4) is 0 Å². The molecule has 23 heavy (non-hydrogen) atoms. The van der Waals surface area contributed by atoms with E-state index in [1.54, 1.807) is 0 Å². The Bertz CT molecular complexity index is 707. The highest BCUT2D eigenvalue weighted by Gasteiger charge is 2.16. The van der Waals surface area contributed by atoms with Crippen molar-refractivity contribution in [1.82, 2.24) is 15.5 Å². The summed E-state index contributed by atoms with van der Waals surface area (Å²) in [6, 6.07) is 11.7. The predicted molar refractivity (Wildman–Crippen MR) is 83.1 cm³/mol. The van der Waals surface area contributed by atoms with E-state index in [1.807, 2.05) is 30.3 Å². The molecule has 2 aromatic rings. The van der Waals surface area contributed by atoms with E-state index in [-0.39, 0.29) is 18.2 Å². The first-order chi connectivity index (χ1) is 11.0. The highest BCUT2D eigenvalue weighted by atomic mass is 16.4. The molecular weight excluding hydrogens is 298 g/mol. The molecule has 1 aromatic carbocycles. The number of nitrogens with one attached hydrogen (secondary N) is 2. The number of benzene rings is 1. The molecule has 7 nitrogen and oxygen atoms in total. The van der Waals surface area contributed by atoms with Gasteiger partial charge in [0.05, 0.1) is 0 Å². The van der Waals surface area contributed by atoms with E-state index in [0.29, 0.717) is 12.8 Å². The van der Waals surface area contributed by atoms with Gasteiger partial charge in [-0.05, 0) is 24.5 Å². The maximum absolute atomic E-state index is 12.2. The third-order valence-corrected chi connectivity index (χ3v) is 3.28. The van der Waals surface area contributed by atoms with Gasteiger partial charge in [-0.25, -0.2) is 5.10 Å². The Hall–Kier alpha value is -2.96. The van der Waals surface area contributed by atoms with Crippen LogP contribution < -0.4 is 10.9 Å². The lowest BCUT2D eigenvalue weighted by Crippen LogP contribution is -2.37. The number of aromatic nitrogens is 2. The molecule has 0 aliphatic rings. The van der Waals surface area contributed by atoms with E-state index in [1.165, 1.54) is 12.1 Å². The van der Waals surface area contributed by atoms with Crippen LogP contribution in [0.2, 0.25) is 0 Å². The molecule has 0 fully saturated rings. The van der Waals surface area contributed by atoms with E-state index in [4.69, 9.17) is 5.11 Å². The van der Waals surface area contributed by atoms with E-state index in [2.05, 4.69) is 15.5 Å². The Labute approximate surface area is 132 Å². The Kier molecular flexibility index (Phi) is 5.62. The molecule has 1 atom stereocenters. The Morgan fingerprint density at radius 1 is 1.17 bits per heavy atom. The largest absolute Gasteiger partial charge is 0.481 e. The van der Waals surface area contributed by atoms with Gasteiger partial charge in [0.25, 0.3) is 11.5 Å². The molecule has 3 N–H and O–H groups in total. The number of hydrogen-bond donors (Lipinski definition) is 3. The average molecular weight is 315 g/mol. The molecule has 0 radical (unpaired) electrons. The first kappa shape index (κ1) is 16.4. The van der Waals surface area contributed by atoms with Gasteiger partial charge in [-0.1, -0.05) is 30.3 Å². The van der Waals surface area contributed by atoms with Crippen molar-refractivity contribution in [2.75, 3.05) is 0 Å². The van der Waals surface area contributed by atoms with Gasteiger partial charge < -0.3 is 10.4 Å². The number of rotatable bonds is 7. The fourth-order valence-corrected chi connectivity index (χ4v) is 2.15. The molecule has 0 saturated heterocycles. The number of nitrogens with zero attached hydrogens (tertiary/aromatic N) is 1. The zero-order chi connectivity index (χ0) is 16.7. The second kappa shape index (κ2) is 7.88. The van der Waals surface area contributed by atoms with Crippen molar-refractivity contribution >= 4 is 11.9 Å². The highest BCUT2D eigenvalue weighted by molar-refractivity contribution is 5.92. The van der Waals surface area contributed by atoms with Crippen LogP contribution in [0.5, 0.6) is 0 Å². The van der Waals surface area contributed by atoms with Gasteiger partial charge in [0, 0.05) is 18.5 Å². The maximum Gasteiger partial charge on any atom is 0.303 e. The van der Waals surface area contributed by atoms with E-state index >= 15 is 0 Å². The summed E-state index contributed by atoms with van der Waals surface area (Å²) in [4.78, 5) is 33.9. The summed E-state index contributed by atoms with van der Waals surface area (Å²) in [5.74, 6) is -1.37. The minimum atomic E-state index is -0.917. The van der Waals surface area contributed by atoms with Crippen molar-refractivity contribution in [2.45, 2.75) is 25.3 Å². The summed E-state index contributed by atoms with van der Waals surface area (Å²) in [5.41, 5.74) is 0.684. The highest BCUT2D eigenvalue weighted by Crippen LogP contribution is 2.08.